The second kappa shape index (κ2) is 3.89. The Labute approximate surface area is 83.9 Å². The lowest BCUT2D eigenvalue weighted by Gasteiger charge is -2.05. The summed E-state index contributed by atoms with van der Waals surface area (Å²) >= 11 is 5.50. The van der Waals surface area contributed by atoms with Crippen LogP contribution in [-0.4, -0.2) is 4.98 Å². The quantitative estimate of drug-likeness (QED) is 0.483. The fraction of sp³-hybridized carbons (Fsp3) is 0.222. The molecule has 74 valence electrons. The molecule has 0 bridgehead atoms. The molecule has 1 aromatic rings. The van der Waals surface area contributed by atoms with Crippen molar-refractivity contribution in [2.24, 2.45) is 0 Å². The lowest BCUT2D eigenvalue weighted by atomic mass is 10.2. The molecule has 0 aliphatic carbocycles. The number of hydrogen-bond acceptors (Lipinski definition) is 1. The number of nitrogens with zero attached hydrogens (tertiary/aromatic N) is 1. The van der Waals surface area contributed by atoms with Crippen LogP contribution in [0.5, 0.6) is 0 Å². The molecule has 1 aromatic heterocycles. The molecule has 0 atom stereocenters. The Kier molecular flexibility index (Phi) is 3.02. The highest BCUT2D eigenvalue weighted by molar-refractivity contribution is 6.30. The van der Waals surface area contributed by atoms with Crippen molar-refractivity contribution in [3.05, 3.63) is 28.5 Å². The third-order valence-electron chi connectivity index (χ3n) is 1.40. The summed E-state index contributed by atoms with van der Waals surface area (Å²) in [6, 6.07) is 2.06. The Morgan fingerprint density at radius 1 is 1.36 bits per heavy atom. The number of halogens is 4. The SMILES string of the molecule is CC#Cc1ccc(C(F)(F)F)nc1Cl. The molecule has 0 radical (unpaired) electrons. The van der Waals surface area contributed by atoms with Gasteiger partial charge in [0.1, 0.15) is 10.8 Å². The molecule has 0 unspecified atom stereocenters. The van der Waals surface area contributed by atoms with Crippen molar-refractivity contribution < 1.29 is 13.2 Å². The smallest absolute Gasteiger partial charge is 0.230 e. The molecule has 0 aliphatic heterocycles. The lowest BCUT2D eigenvalue weighted by molar-refractivity contribution is -0.141. The second-order valence-electron chi connectivity index (χ2n) is 2.41. The summed E-state index contributed by atoms with van der Waals surface area (Å²) in [7, 11) is 0. The van der Waals surface area contributed by atoms with Crippen molar-refractivity contribution in [2.45, 2.75) is 13.1 Å². The van der Waals surface area contributed by atoms with E-state index < -0.39 is 11.9 Å². The van der Waals surface area contributed by atoms with Crippen LogP contribution in [0.4, 0.5) is 13.2 Å². The van der Waals surface area contributed by atoms with Crippen molar-refractivity contribution in [2.75, 3.05) is 0 Å². The standard InChI is InChI=1S/C9H5ClF3N/c1-2-3-6-4-5-7(9(11,12)13)14-8(6)10/h4-5H,1H3. The Morgan fingerprint density at radius 3 is 2.43 bits per heavy atom. The summed E-state index contributed by atoms with van der Waals surface area (Å²) in [6.07, 6.45) is -4.47. The first-order chi connectivity index (χ1) is 6.45. The van der Waals surface area contributed by atoms with E-state index in [1.54, 1.807) is 6.92 Å². The monoisotopic (exact) mass is 219 g/mol. The van der Waals surface area contributed by atoms with Gasteiger partial charge in [-0.25, -0.2) is 4.98 Å². The predicted molar refractivity (Wildman–Crippen MR) is 46.8 cm³/mol. The normalized spacial score (nSPS) is 10.6. The maximum absolute atomic E-state index is 12.1. The van der Waals surface area contributed by atoms with Crippen LogP contribution in [0.15, 0.2) is 12.1 Å². The minimum atomic E-state index is -4.47. The number of hydrogen-bond donors (Lipinski definition) is 0. The van der Waals surface area contributed by atoms with Gasteiger partial charge in [-0.15, -0.1) is 5.92 Å². The molecular formula is C9H5ClF3N. The van der Waals surface area contributed by atoms with E-state index in [0.29, 0.717) is 5.56 Å². The van der Waals surface area contributed by atoms with Crippen LogP contribution >= 0.6 is 11.6 Å². The second-order valence-corrected chi connectivity index (χ2v) is 2.77. The largest absolute Gasteiger partial charge is 0.433 e. The maximum Gasteiger partial charge on any atom is 0.433 e. The van der Waals surface area contributed by atoms with Crippen molar-refractivity contribution in [3.8, 4) is 11.8 Å². The zero-order valence-corrected chi connectivity index (χ0v) is 7.87. The fourth-order valence-electron chi connectivity index (χ4n) is 0.820. The molecule has 0 fully saturated rings. The molecule has 0 amide bonds. The summed E-state index contributed by atoms with van der Waals surface area (Å²) in [6.45, 7) is 1.56. The van der Waals surface area contributed by atoms with E-state index in [0.717, 1.165) is 6.07 Å². The summed E-state index contributed by atoms with van der Waals surface area (Å²) in [5.41, 5.74) is -0.716. The van der Waals surface area contributed by atoms with Gasteiger partial charge in [0.2, 0.25) is 0 Å². The summed E-state index contributed by atoms with van der Waals surface area (Å²) in [5.74, 6) is 5.07. The van der Waals surface area contributed by atoms with Crippen LogP contribution < -0.4 is 0 Å². The van der Waals surface area contributed by atoms with Gasteiger partial charge in [0.25, 0.3) is 0 Å². The van der Waals surface area contributed by atoms with Gasteiger partial charge in [-0.3, -0.25) is 0 Å². The van der Waals surface area contributed by atoms with Crippen LogP contribution in [-0.2, 0) is 6.18 Å². The van der Waals surface area contributed by atoms with Gasteiger partial charge in [0.05, 0.1) is 5.56 Å². The Balaban J connectivity index is 3.17. The maximum atomic E-state index is 12.1. The summed E-state index contributed by atoms with van der Waals surface area (Å²) in [5, 5.41) is -0.228. The Hall–Kier alpha value is -1.21. The third-order valence-corrected chi connectivity index (χ3v) is 1.69. The van der Waals surface area contributed by atoms with E-state index in [2.05, 4.69) is 16.8 Å². The molecule has 0 aliphatic rings. The molecule has 1 nitrogen and oxygen atoms in total. The molecule has 1 heterocycles. The van der Waals surface area contributed by atoms with Gasteiger partial charge < -0.3 is 0 Å². The minimum absolute atomic E-state index is 0.228. The zero-order chi connectivity index (χ0) is 10.8. The molecule has 0 N–H and O–H groups in total. The van der Waals surface area contributed by atoms with Crippen molar-refractivity contribution in [1.29, 1.82) is 0 Å². The van der Waals surface area contributed by atoms with Gasteiger partial charge >= 0.3 is 6.18 Å². The van der Waals surface area contributed by atoms with E-state index >= 15 is 0 Å². The Bertz CT molecular complexity index is 401. The third kappa shape index (κ3) is 2.39. The van der Waals surface area contributed by atoms with Crippen LogP contribution in [0, 0.1) is 11.8 Å². The van der Waals surface area contributed by atoms with E-state index in [1.807, 2.05) is 0 Å². The van der Waals surface area contributed by atoms with Crippen LogP contribution in [0.2, 0.25) is 5.15 Å². The van der Waals surface area contributed by atoms with Crippen LogP contribution in [0.1, 0.15) is 18.2 Å². The molecule has 5 heteroatoms. The van der Waals surface area contributed by atoms with E-state index in [9.17, 15) is 13.2 Å². The molecule has 0 aromatic carbocycles. The average molecular weight is 220 g/mol. The zero-order valence-electron chi connectivity index (χ0n) is 7.11. The van der Waals surface area contributed by atoms with Gasteiger partial charge in [0.15, 0.2) is 0 Å². The highest BCUT2D eigenvalue weighted by Crippen LogP contribution is 2.29. The predicted octanol–water partition coefficient (Wildman–Crippen LogP) is 3.13. The number of alkyl halides is 3. The number of rotatable bonds is 0. The fourth-order valence-corrected chi connectivity index (χ4v) is 1.02. The van der Waals surface area contributed by atoms with E-state index in [-0.39, 0.29) is 5.15 Å². The molecule has 1 rings (SSSR count). The van der Waals surface area contributed by atoms with E-state index in [1.165, 1.54) is 6.07 Å². The van der Waals surface area contributed by atoms with Crippen LogP contribution in [0.25, 0.3) is 0 Å². The molecule has 0 saturated carbocycles. The van der Waals surface area contributed by atoms with Crippen molar-refractivity contribution in [3.63, 3.8) is 0 Å². The molecule has 14 heavy (non-hydrogen) atoms. The summed E-state index contributed by atoms with van der Waals surface area (Å²) < 4.78 is 36.4. The summed E-state index contributed by atoms with van der Waals surface area (Å²) in [4.78, 5) is 3.20. The van der Waals surface area contributed by atoms with E-state index in [4.69, 9.17) is 11.6 Å². The Morgan fingerprint density at radius 2 is 2.00 bits per heavy atom. The van der Waals surface area contributed by atoms with Crippen molar-refractivity contribution in [1.82, 2.24) is 4.98 Å². The topological polar surface area (TPSA) is 12.9 Å². The first-order valence-corrected chi connectivity index (χ1v) is 3.99. The first kappa shape index (κ1) is 10.9. The molecule has 0 spiro atoms. The lowest BCUT2D eigenvalue weighted by Crippen LogP contribution is -2.08. The average Bonchev–Trinajstić information content (AvgIpc) is 2.07. The highest BCUT2D eigenvalue weighted by atomic mass is 35.5. The van der Waals surface area contributed by atoms with Gasteiger partial charge in [0, 0.05) is 0 Å². The number of pyridine rings is 1. The van der Waals surface area contributed by atoms with Gasteiger partial charge in [-0.2, -0.15) is 13.2 Å². The molecule has 0 saturated heterocycles. The van der Waals surface area contributed by atoms with Gasteiger partial charge in [-0.1, -0.05) is 17.5 Å². The first-order valence-electron chi connectivity index (χ1n) is 3.61. The molecular weight excluding hydrogens is 215 g/mol. The minimum Gasteiger partial charge on any atom is -0.230 e. The highest BCUT2D eigenvalue weighted by Gasteiger charge is 2.32. The van der Waals surface area contributed by atoms with Crippen molar-refractivity contribution >= 4 is 11.6 Å². The van der Waals surface area contributed by atoms with Gasteiger partial charge in [-0.05, 0) is 19.1 Å². The van der Waals surface area contributed by atoms with Crippen LogP contribution in [0.3, 0.4) is 0 Å². The number of aromatic nitrogens is 1.